The highest BCUT2D eigenvalue weighted by atomic mass is 32.2. The molecule has 0 saturated heterocycles. The first kappa shape index (κ1) is 19.9. The van der Waals surface area contributed by atoms with Gasteiger partial charge in [0.15, 0.2) is 5.11 Å². The van der Waals surface area contributed by atoms with Crippen LogP contribution in [0.3, 0.4) is 0 Å². The standard InChI is InChI=1S/C19H19N3O4S2/c1-25-16-8-4-14(5-9-16)21-19(27)22-15-6-10-18(11-7-15)28(23,24)20-13-17-3-2-12-26-17/h2-12,20H,13H2,1H3,(H2,21,22,27). The van der Waals surface area contributed by atoms with E-state index < -0.39 is 10.0 Å². The minimum atomic E-state index is -3.63. The van der Waals surface area contributed by atoms with Gasteiger partial charge in [-0.3, -0.25) is 0 Å². The van der Waals surface area contributed by atoms with Crippen molar-refractivity contribution in [3.8, 4) is 5.75 Å². The Morgan fingerprint density at radius 3 is 2.14 bits per heavy atom. The van der Waals surface area contributed by atoms with Gasteiger partial charge in [-0.15, -0.1) is 0 Å². The van der Waals surface area contributed by atoms with Crippen molar-refractivity contribution in [2.24, 2.45) is 0 Å². The fourth-order valence-electron chi connectivity index (χ4n) is 2.35. The Hall–Kier alpha value is -2.88. The lowest BCUT2D eigenvalue weighted by molar-refractivity contribution is 0.415. The first-order valence-corrected chi connectivity index (χ1v) is 10.2. The van der Waals surface area contributed by atoms with E-state index in [1.165, 1.54) is 18.4 Å². The third-order valence-corrected chi connectivity index (χ3v) is 5.41. The summed E-state index contributed by atoms with van der Waals surface area (Å²) in [6.07, 6.45) is 1.49. The number of nitrogens with one attached hydrogen (secondary N) is 3. The Kier molecular flexibility index (Phi) is 6.30. The number of anilines is 2. The number of thiocarbonyl (C=S) groups is 1. The monoisotopic (exact) mass is 417 g/mol. The molecular formula is C19H19N3O4S2. The van der Waals surface area contributed by atoms with Crippen molar-refractivity contribution in [2.45, 2.75) is 11.4 Å². The predicted octanol–water partition coefficient (Wildman–Crippen LogP) is 3.58. The molecule has 0 aliphatic rings. The van der Waals surface area contributed by atoms with Crippen LogP contribution < -0.4 is 20.1 Å². The third-order valence-electron chi connectivity index (χ3n) is 3.79. The van der Waals surface area contributed by atoms with Crippen molar-refractivity contribution in [1.82, 2.24) is 4.72 Å². The van der Waals surface area contributed by atoms with E-state index in [9.17, 15) is 8.42 Å². The summed E-state index contributed by atoms with van der Waals surface area (Å²) in [5.41, 5.74) is 1.47. The van der Waals surface area contributed by atoms with Gasteiger partial charge in [-0.2, -0.15) is 0 Å². The summed E-state index contributed by atoms with van der Waals surface area (Å²) >= 11 is 5.28. The van der Waals surface area contributed by atoms with E-state index >= 15 is 0 Å². The van der Waals surface area contributed by atoms with Gasteiger partial charge in [0.05, 0.1) is 24.8 Å². The van der Waals surface area contributed by atoms with E-state index in [0.717, 1.165) is 11.4 Å². The maximum absolute atomic E-state index is 12.3. The number of ether oxygens (including phenoxy) is 1. The van der Waals surface area contributed by atoms with Crippen LogP contribution in [-0.4, -0.2) is 20.6 Å². The quantitative estimate of drug-likeness (QED) is 0.506. The Morgan fingerprint density at radius 2 is 1.61 bits per heavy atom. The van der Waals surface area contributed by atoms with E-state index in [4.69, 9.17) is 21.4 Å². The van der Waals surface area contributed by atoms with Gasteiger partial charge in [0.25, 0.3) is 0 Å². The Balaban J connectivity index is 1.57. The molecule has 3 N–H and O–H groups in total. The molecule has 0 bridgehead atoms. The number of hydrogen-bond acceptors (Lipinski definition) is 5. The van der Waals surface area contributed by atoms with Crippen molar-refractivity contribution in [2.75, 3.05) is 17.7 Å². The largest absolute Gasteiger partial charge is 0.497 e. The third kappa shape index (κ3) is 5.32. The van der Waals surface area contributed by atoms with Crippen LogP contribution in [0.5, 0.6) is 5.75 Å². The molecule has 0 saturated carbocycles. The van der Waals surface area contributed by atoms with Crippen molar-refractivity contribution in [1.29, 1.82) is 0 Å². The molecule has 0 spiro atoms. The second-order valence-corrected chi connectivity index (χ2v) is 7.91. The first-order valence-electron chi connectivity index (χ1n) is 8.30. The zero-order chi connectivity index (χ0) is 20.0. The van der Waals surface area contributed by atoms with Gasteiger partial charge >= 0.3 is 0 Å². The van der Waals surface area contributed by atoms with Crippen molar-refractivity contribution < 1.29 is 17.6 Å². The molecule has 0 unspecified atom stereocenters. The van der Waals surface area contributed by atoms with Crippen LogP contribution >= 0.6 is 12.2 Å². The number of sulfonamides is 1. The number of rotatable bonds is 7. The highest BCUT2D eigenvalue weighted by molar-refractivity contribution is 7.89. The summed E-state index contributed by atoms with van der Waals surface area (Å²) in [6.45, 7) is 0.0885. The van der Waals surface area contributed by atoms with Crippen LogP contribution in [0.25, 0.3) is 0 Å². The fourth-order valence-corrected chi connectivity index (χ4v) is 3.58. The van der Waals surface area contributed by atoms with Crippen LogP contribution in [0.4, 0.5) is 11.4 Å². The molecule has 146 valence electrons. The summed E-state index contributed by atoms with van der Waals surface area (Å²) in [7, 11) is -2.03. The summed E-state index contributed by atoms with van der Waals surface area (Å²) < 4.78 is 37.4. The molecule has 0 radical (unpaired) electrons. The fraction of sp³-hybridized carbons (Fsp3) is 0.105. The average molecular weight is 418 g/mol. The van der Waals surface area contributed by atoms with E-state index in [0.29, 0.717) is 16.6 Å². The number of hydrogen-bond donors (Lipinski definition) is 3. The molecule has 7 nitrogen and oxygen atoms in total. The molecule has 0 amide bonds. The highest BCUT2D eigenvalue weighted by Crippen LogP contribution is 2.17. The normalized spacial score (nSPS) is 11.0. The van der Waals surface area contributed by atoms with Gasteiger partial charge in [-0.25, -0.2) is 13.1 Å². The minimum absolute atomic E-state index is 0.0885. The topological polar surface area (TPSA) is 92.6 Å². The lowest BCUT2D eigenvalue weighted by Gasteiger charge is -2.12. The summed E-state index contributed by atoms with van der Waals surface area (Å²) in [5, 5.41) is 6.44. The lowest BCUT2D eigenvalue weighted by atomic mass is 10.3. The lowest BCUT2D eigenvalue weighted by Crippen LogP contribution is -2.23. The van der Waals surface area contributed by atoms with Crippen LogP contribution in [0.15, 0.2) is 76.2 Å². The molecule has 1 heterocycles. The molecule has 0 aliphatic heterocycles. The Labute approximate surface area is 168 Å². The molecule has 3 rings (SSSR count). The number of benzene rings is 2. The molecule has 0 fully saturated rings. The number of furan rings is 1. The molecule has 3 aromatic rings. The van der Waals surface area contributed by atoms with Crippen molar-refractivity contribution in [3.05, 3.63) is 72.7 Å². The molecular weight excluding hydrogens is 398 g/mol. The maximum Gasteiger partial charge on any atom is 0.240 e. The van der Waals surface area contributed by atoms with Crippen LogP contribution in [0.1, 0.15) is 5.76 Å². The highest BCUT2D eigenvalue weighted by Gasteiger charge is 2.14. The molecule has 1 aromatic heterocycles. The summed E-state index contributed by atoms with van der Waals surface area (Å²) in [5.74, 6) is 1.29. The van der Waals surface area contributed by atoms with E-state index in [2.05, 4.69) is 15.4 Å². The SMILES string of the molecule is COc1ccc(NC(=S)Nc2ccc(S(=O)(=O)NCc3ccco3)cc2)cc1. The molecule has 2 aromatic carbocycles. The second-order valence-electron chi connectivity index (χ2n) is 5.74. The Bertz CT molecular complexity index is 1020. The minimum Gasteiger partial charge on any atom is -0.497 e. The zero-order valence-corrected chi connectivity index (χ0v) is 16.6. The summed E-state index contributed by atoms with van der Waals surface area (Å²) in [6, 6.07) is 17.0. The van der Waals surface area contributed by atoms with Gasteiger partial charge in [0.2, 0.25) is 10.0 Å². The first-order chi connectivity index (χ1) is 13.5. The van der Waals surface area contributed by atoms with Gasteiger partial charge in [-0.1, -0.05) is 0 Å². The van der Waals surface area contributed by atoms with Crippen molar-refractivity contribution >= 4 is 38.7 Å². The molecule has 0 atom stereocenters. The van der Waals surface area contributed by atoms with Crippen molar-refractivity contribution in [3.63, 3.8) is 0 Å². The van der Waals surface area contributed by atoms with E-state index in [-0.39, 0.29) is 11.4 Å². The zero-order valence-electron chi connectivity index (χ0n) is 15.0. The predicted molar refractivity (Wildman–Crippen MR) is 112 cm³/mol. The van der Waals surface area contributed by atoms with Gasteiger partial charge in [-0.05, 0) is 72.9 Å². The smallest absolute Gasteiger partial charge is 0.240 e. The van der Waals surface area contributed by atoms with Gasteiger partial charge in [0, 0.05) is 11.4 Å². The van der Waals surface area contributed by atoms with Crippen LogP contribution in [-0.2, 0) is 16.6 Å². The van der Waals surface area contributed by atoms with Gasteiger partial charge < -0.3 is 19.8 Å². The van der Waals surface area contributed by atoms with Crippen LogP contribution in [0, 0.1) is 0 Å². The number of methoxy groups -OCH3 is 1. The maximum atomic E-state index is 12.3. The van der Waals surface area contributed by atoms with Gasteiger partial charge in [0.1, 0.15) is 11.5 Å². The van der Waals surface area contributed by atoms with E-state index in [1.807, 2.05) is 24.3 Å². The molecule has 28 heavy (non-hydrogen) atoms. The molecule has 0 aliphatic carbocycles. The van der Waals surface area contributed by atoms with Crippen LogP contribution in [0.2, 0.25) is 0 Å². The van der Waals surface area contributed by atoms with E-state index in [1.54, 1.807) is 31.4 Å². The molecule has 9 heteroatoms. The second kappa shape index (κ2) is 8.87. The Morgan fingerprint density at radius 1 is 1.00 bits per heavy atom. The summed E-state index contributed by atoms with van der Waals surface area (Å²) in [4.78, 5) is 0.152. The average Bonchev–Trinajstić information content (AvgIpc) is 3.21.